The van der Waals surface area contributed by atoms with E-state index < -0.39 is 0 Å². The first-order valence-corrected chi connectivity index (χ1v) is 6.08. The fourth-order valence-corrected chi connectivity index (χ4v) is 2.72. The first kappa shape index (κ1) is 10.6. The smallest absolute Gasteiger partial charge is 0.223 e. The van der Waals surface area contributed by atoms with Gasteiger partial charge in [-0.1, -0.05) is 23.4 Å². The lowest BCUT2D eigenvalue weighted by atomic mass is 10.3. The molecule has 0 saturated carbocycles. The lowest BCUT2D eigenvalue weighted by Crippen LogP contribution is -2.08. The first-order valence-electron chi connectivity index (χ1n) is 4.89. The number of nitrogens with two attached hydrogens (primary N) is 1. The summed E-state index contributed by atoms with van der Waals surface area (Å²) in [5.41, 5.74) is 6.49. The van der Waals surface area contributed by atoms with Crippen LogP contribution in [0.5, 0.6) is 0 Å². The Morgan fingerprint density at radius 3 is 2.88 bits per heavy atom. The summed E-state index contributed by atoms with van der Waals surface area (Å²) in [5, 5.41) is 3.47. The first-order chi connectivity index (χ1) is 8.13. The molecule has 2 aromatic heterocycles. The number of halogens is 1. The van der Waals surface area contributed by atoms with E-state index in [2.05, 4.69) is 20.3 Å². The Morgan fingerprint density at radius 2 is 2.06 bits per heavy atom. The van der Waals surface area contributed by atoms with Crippen molar-refractivity contribution in [2.24, 2.45) is 0 Å². The second-order valence-electron chi connectivity index (χ2n) is 3.58. The van der Waals surface area contributed by atoms with Gasteiger partial charge < -0.3 is 11.1 Å². The maximum absolute atomic E-state index is 6.03. The van der Waals surface area contributed by atoms with E-state index in [0.717, 1.165) is 21.3 Å². The van der Waals surface area contributed by atoms with E-state index in [4.69, 9.17) is 17.3 Å². The van der Waals surface area contributed by atoms with Gasteiger partial charge in [-0.3, -0.25) is 0 Å². The van der Waals surface area contributed by atoms with E-state index in [1.807, 2.05) is 19.1 Å². The average Bonchev–Trinajstić information content (AvgIpc) is 2.26. The summed E-state index contributed by atoms with van der Waals surface area (Å²) in [5.74, 6) is 1.53. The molecule has 1 aliphatic rings. The van der Waals surface area contributed by atoms with E-state index in [9.17, 15) is 0 Å². The molecule has 0 saturated heterocycles. The largest absolute Gasteiger partial charge is 0.368 e. The molecule has 3 N–H and O–H groups in total. The minimum atomic E-state index is 0.151. The van der Waals surface area contributed by atoms with Crippen molar-refractivity contribution in [1.82, 2.24) is 15.0 Å². The molecule has 0 bridgehead atoms. The van der Waals surface area contributed by atoms with Gasteiger partial charge in [0, 0.05) is 5.69 Å². The maximum atomic E-state index is 6.03. The molecular weight excluding hydrogens is 258 g/mol. The van der Waals surface area contributed by atoms with Crippen molar-refractivity contribution in [3.63, 3.8) is 0 Å². The standard InChI is InChI=1S/C10H8ClN5S/c1-4-2-3-5-8(13-4)15-9-6(17-5)7(11)14-10(12)16-9/h2-3H,1H3,(H3,12,13,14,15,16). The van der Waals surface area contributed by atoms with Crippen LogP contribution in [-0.2, 0) is 0 Å². The zero-order valence-electron chi connectivity index (χ0n) is 8.86. The number of aromatic nitrogens is 3. The zero-order chi connectivity index (χ0) is 12.0. The van der Waals surface area contributed by atoms with Crippen molar-refractivity contribution >= 4 is 40.9 Å². The Kier molecular flexibility index (Phi) is 2.34. The Morgan fingerprint density at radius 1 is 1.24 bits per heavy atom. The molecule has 7 heteroatoms. The summed E-state index contributed by atoms with van der Waals surface area (Å²) < 4.78 is 0. The van der Waals surface area contributed by atoms with Crippen LogP contribution >= 0.6 is 23.4 Å². The van der Waals surface area contributed by atoms with Crippen molar-refractivity contribution in [3.8, 4) is 0 Å². The Balaban J connectivity index is 2.14. The molecule has 0 radical (unpaired) electrons. The highest BCUT2D eigenvalue weighted by Crippen LogP contribution is 2.45. The number of nitrogens with one attached hydrogen (secondary N) is 1. The Bertz CT molecular complexity index is 616. The van der Waals surface area contributed by atoms with Crippen molar-refractivity contribution in [2.45, 2.75) is 16.7 Å². The summed E-state index contributed by atoms with van der Waals surface area (Å²) in [6.07, 6.45) is 0. The van der Waals surface area contributed by atoms with E-state index in [1.54, 1.807) is 0 Å². The molecule has 0 unspecified atom stereocenters. The number of hydrogen-bond acceptors (Lipinski definition) is 6. The number of aryl methyl sites for hydroxylation is 1. The van der Waals surface area contributed by atoms with E-state index >= 15 is 0 Å². The van der Waals surface area contributed by atoms with Crippen LogP contribution in [-0.4, -0.2) is 15.0 Å². The molecule has 86 valence electrons. The highest BCUT2D eigenvalue weighted by Gasteiger charge is 2.21. The molecule has 0 spiro atoms. The molecule has 0 aromatic carbocycles. The minimum Gasteiger partial charge on any atom is -0.368 e. The second-order valence-corrected chi connectivity index (χ2v) is 4.99. The highest BCUT2D eigenvalue weighted by atomic mass is 35.5. The normalized spacial score (nSPS) is 12.6. The molecule has 0 fully saturated rings. The van der Waals surface area contributed by atoms with Crippen LogP contribution in [0.25, 0.3) is 0 Å². The molecule has 3 rings (SSSR count). The molecule has 0 atom stereocenters. The summed E-state index contributed by atoms with van der Waals surface area (Å²) in [4.78, 5) is 14.2. The van der Waals surface area contributed by atoms with E-state index in [0.29, 0.717) is 11.0 Å². The summed E-state index contributed by atoms with van der Waals surface area (Å²) in [7, 11) is 0. The minimum absolute atomic E-state index is 0.151. The Labute approximate surface area is 107 Å². The van der Waals surface area contributed by atoms with Gasteiger partial charge in [0.15, 0.2) is 11.0 Å². The highest BCUT2D eigenvalue weighted by molar-refractivity contribution is 7.99. The molecule has 5 nitrogen and oxygen atoms in total. The third-order valence-corrected chi connectivity index (χ3v) is 3.81. The van der Waals surface area contributed by atoms with Crippen LogP contribution in [0, 0.1) is 6.92 Å². The van der Waals surface area contributed by atoms with Crippen molar-refractivity contribution in [3.05, 3.63) is 23.0 Å². The van der Waals surface area contributed by atoms with Gasteiger partial charge in [0.25, 0.3) is 0 Å². The van der Waals surface area contributed by atoms with Gasteiger partial charge in [0.05, 0.1) is 9.79 Å². The van der Waals surface area contributed by atoms with E-state index in [-0.39, 0.29) is 5.95 Å². The van der Waals surface area contributed by atoms with Crippen LogP contribution in [0.2, 0.25) is 5.15 Å². The van der Waals surface area contributed by atoms with Gasteiger partial charge in [0.2, 0.25) is 5.95 Å². The van der Waals surface area contributed by atoms with E-state index in [1.165, 1.54) is 11.8 Å². The summed E-state index contributed by atoms with van der Waals surface area (Å²) in [6, 6.07) is 3.94. The fraction of sp³-hybridized carbons (Fsp3) is 0.100. The molecule has 0 aliphatic carbocycles. The molecule has 1 aliphatic heterocycles. The Hall–Kier alpha value is -1.53. The number of nitrogen functional groups attached to an aromatic ring is 1. The fourth-order valence-electron chi connectivity index (χ4n) is 1.55. The maximum Gasteiger partial charge on any atom is 0.223 e. The molecule has 0 amide bonds. The molecule has 2 aromatic rings. The number of hydrogen-bond donors (Lipinski definition) is 2. The second kappa shape index (κ2) is 3.75. The van der Waals surface area contributed by atoms with Crippen LogP contribution in [0.3, 0.4) is 0 Å². The monoisotopic (exact) mass is 265 g/mol. The topological polar surface area (TPSA) is 76.7 Å². The number of pyridine rings is 1. The lowest BCUT2D eigenvalue weighted by molar-refractivity contribution is 1.07. The quantitative estimate of drug-likeness (QED) is 0.609. The van der Waals surface area contributed by atoms with Gasteiger partial charge in [-0.15, -0.1) is 0 Å². The van der Waals surface area contributed by atoms with Gasteiger partial charge in [-0.25, -0.2) is 4.98 Å². The number of nitrogens with zero attached hydrogens (tertiary/aromatic N) is 3. The summed E-state index contributed by atoms with van der Waals surface area (Å²) in [6.45, 7) is 1.93. The lowest BCUT2D eigenvalue weighted by Gasteiger charge is -2.19. The van der Waals surface area contributed by atoms with Crippen LogP contribution in [0.15, 0.2) is 21.9 Å². The predicted molar refractivity (Wildman–Crippen MR) is 67.8 cm³/mol. The van der Waals surface area contributed by atoms with Crippen LogP contribution in [0.1, 0.15) is 5.69 Å². The number of fused-ring (bicyclic) bond motifs is 2. The van der Waals surface area contributed by atoms with Gasteiger partial charge in [-0.05, 0) is 19.1 Å². The summed E-state index contributed by atoms with van der Waals surface area (Å²) >= 11 is 7.52. The number of anilines is 3. The van der Waals surface area contributed by atoms with Crippen molar-refractivity contribution < 1.29 is 0 Å². The van der Waals surface area contributed by atoms with Gasteiger partial charge in [0.1, 0.15) is 5.82 Å². The zero-order valence-corrected chi connectivity index (χ0v) is 10.4. The molecule has 17 heavy (non-hydrogen) atoms. The average molecular weight is 266 g/mol. The van der Waals surface area contributed by atoms with Crippen molar-refractivity contribution in [1.29, 1.82) is 0 Å². The third kappa shape index (κ3) is 1.79. The molecule has 3 heterocycles. The van der Waals surface area contributed by atoms with Crippen LogP contribution in [0.4, 0.5) is 17.6 Å². The predicted octanol–water partition coefficient (Wildman–Crippen LogP) is 2.62. The van der Waals surface area contributed by atoms with Crippen LogP contribution < -0.4 is 11.1 Å². The SMILES string of the molecule is Cc1ccc2c(n1)Nc1nc(N)nc(Cl)c1S2. The van der Waals surface area contributed by atoms with Gasteiger partial charge >= 0.3 is 0 Å². The third-order valence-electron chi connectivity index (χ3n) is 2.29. The molecular formula is C10H8ClN5S. The van der Waals surface area contributed by atoms with Crippen molar-refractivity contribution in [2.75, 3.05) is 11.1 Å². The number of rotatable bonds is 0. The van der Waals surface area contributed by atoms with Gasteiger partial charge in [-0.2, -0.15) is 9.97 Å².